The zero-order chi connectivity index (χ0) is 13.6. The fourth-order valence-corrected chi connectivity index (χ4v) is 2.19. The molecule has 0 atom stereocenters. The van der Waals surface area contributed by atoms with E-state index >= 15 is 0 Å². The molecule has 0 aromatic heterocycles. The number of carboxylic acids is 1. The van der Waals surface area contributed by atoms with Gasteiger partial charge in [0.2, 0.25) is 0 Å². The maximum Gasteiger partial charge on any atom is 0.317 e. The van der Waals surface area contributed by atoms with Gasteiger partial charge in [-0.25, -0.2) is 4.79 Å². The third kappa shape index (κ3) is 4.18. The van der Waals surface area contributed by atoms with Gasteiger partial charge in [-0.1, -0.05) is 6.42 Å². The van der Waals surface area contributed by atoms with Crippen molar-refractivity contribution in [1.82, 2.24) is 15.5 Å². The molecule has 1 aliphatic carbocycles. The summed E-state index contributed by atoms with van der Waals surface area (Å²) >= 11 is 0. The van der Waals surface area contributed by atoms with Crippen molar-refractivity contribution in [1.29, 1.82) is 0 Å². The zero-order valence-corrected chi connectivity index (χ0v) is 11.2. The average molecular weight is 257 g/mol. The Balaban J connectivity index is 2.34. The Labute approximate surface area is 108 Å². The Morgan fingerprint density at radius 2 is 2.06 bits per heavy atom. The van der Waals surface area contributed by atoms with E-state index in [1.165, 1.54) is 0 Å². The highest BCUT2D eigenvalue weighted by Crippen LogP contribution is 2.43. The summed E-state index contributed by atoms with van der Waals surface area (Å²) in [6.45, 7) is 1.83. The Hall–Kier alpha value is -1.30. The van der Waals surface area contributed by atoms with Crippen LogP contribution in [-0.2, 0) is 4.79 Å². The number of carbonyl (C=O) groups is 2. The van der Waals surface area contributed by atoms with Crippen LogP contribution in [-0.4, -0.2) is 55.7 Å². The maximum absolute atomic E-state index is 11.8. The van der Waals surface area contributed by atoms with E-state index in [1.54, 1.807) is 11.9 Å². The van der Waals surface area contributed by atoms with E-state index in [0.717, 1.165) is 25.8 Å². The number of rotatable bonds is 7. The molecule has 2 amide bonds. The highest BCUT2D eigenvalue weighted by molar-refractivity contribution is 5.74. The molecule has 0 aromatic rings. The Morgan fingerprint density at radius 1 is 1.39 bits per heavy atom. The van der Waals surface area contributed by atoms with Gasteiger partial charge >= 0.3 is 12.0 Å². The van der Waals surface area contributed by atoms with Crippen LogP contribution in [0, 0.1) is 5.41 Å². The first kappa shape index (κ1) is 14.8. The number of hydrogen-bond donors (Lipinski definition) is 3. The molecule has 0 saturated heterocycles. The first-order chi connectivity index (χ1) is 8.49. The smallest absolute Gasteiger partial charge is 0.317 e. The number of hydrogen-bond acceptors (Lipinski definition) is 3. The normalized spacial score (nSPS) is 16.8. The third-order valence-electron chi connectivity index (χ3n) is 3.60. The van der Waals surface area contributed by atoms with Crippen molar-refractivity contribution in [2.45, 2.75) is 25.7 Å². The molecule has 0 aromatic carbocycles. The summed E-state index contributed by atoms with van der Waals surface area (Å²) < 4.78 is 0. The Kier molecular flexibility index (Phi) is 5.40. The largest absolute Gasteiger partial charge is 0.481 e. The lowest BCUT2D eigenvalue weighted by Crippen LogP contribution is -2.47. The molecule has 0 unspecified atom stereocenters. The van der Waals surface area contributed by atoms with Gasteiger partial charge in [0.15, 0.2) is 0 Å². The summed E-state index contributed by atoms with van der Waals surface area (Å²) in [4.78, 5) is 24.2. The van der Waals surface area contributed by atoms with Crippen molar-refractivity contribution in [3.05, 3.63) is 0 Å². The second kappa shape index (κ2) is 6.58. The molecular formula is C12H23N3O3. The van der Waals surface area contributed by atoms with Crippen LogP contribution >= 0.6 is 0 Å². The van der Waals surface area contributed by atoms with E-state index in [0.29, 0.717) is 13.1 Å². The lowest BCUT2D eigenvalue weighted by atomic mass is 9.66. The standard InChI is InChI=1S/C12H23N3O3/c1-13-6-7-15(2)11(18)14-9-12(4-3-5-12)8-10(16)17/h13H,3-9H2,1-2H3,(H,14,18)(H,16,17). The molecule has 1 aliphatic rings. The highest BCUT2D eigenvalue weighted by Gasteiger charge is 2.39. The maximum atomic E-state index is 11.8. The SMILES string of the molecule is CNCCN(C)C(=O)NCC1(CC(=O)O)CCC1. The summed E-state index contributed by atoms with van der Waals surface area (Å²) in [6, 6.07) is -0.137. The summed E-state index contributed by atoms with van der Waals surface area (Å²) in [5.74, 6) is -0.785. The quantitative estimate of drug-likeness (QED) is 0.620. The van der Waals surface area contributed by atoms with Crippen LogP contribution in [0.5, 0.6) is 0 Å². The van der Waals surface area contributed by atoms with Crippen molar-refractivity contribution in [3.63, 3.8) is 0 Å². The fraction of sp³-hybridized carbons (Fsp3) is 0.833. The van der Waals surface area contributed by atoms with E-state index in [-0.39, 0.29) is 17.9 Å². The number of urea groups is 1. The van der Waals surface area contributed by atoms with Crippen LogP contribution in [0.3, 0.4) is 0 Å². The van der Waals surface area contributed by atoms with Crippen molar-refractivity contribution >= 4 is 12.0 Å². The van der Waals surface area contributed by atoms with Gasteiger partial charge in [-0.3, -0.25) is 4.79 Å². The summed E-state index contributed by atoms with van der Waals surface area (Å²) in [5, 5.41) is 14.7. The van der Waals surface area contributed by atoms with Crippen LogP contribution in [0.25, 0.3) is 0 Å². The molecule has 6 heteroatoms. The molecule has 3 N–H and O–H groups in total. The van der Waals surface area contributed by atoms with Crippen molar-refractivity contribution < 1.29 is 14.7 Å². The summed E-state index contributed by atoms with van der Waals surface area (Å²) in [5.41, 5.74) is -0.217. The van der Waals surface area contributed by atoms with Gasteiger partial charge in [0.05, 0.1) is 6.42 Å². The molecule has 0 heterocycles. The minimum absolute atomic E-state index is 0.137. The number of carbonyl (C=O) groups excluding carboxylic acids is 1. The van der Waals surface area contributed by atoms with Gasteiger partial charge in [-0.05, 0) is 25.3 Å². The fourth-order valence-electron chi connectivity index (χ4n) is 2.19. The lowest BCUT2D eigenvalue weighted by molar-refractivity contribution is -0.141. The van der Waals surface area contributed by atoms with E-state index in [1.807, 2.05) is 7.05 Å². The van der Waals surface area contributed by atoms with Gasteiger partial charge < -0.3 is 20.6 Å². The Morgan fingerprint density at radius 3 is 2.50 bits per heavy atom. The summed E-state index contributed by atoms with van der Waals surface area (Å²) in [7, 11) is 3.57. The molecule has 18 heavy (non-hydrogen) atoms. The van der Waals surface area contributed by atoms with Crippen LogP contribution in [0.4, 0.5) is 4.79 Å². The molecule has 104 valence electrons. The van der Waals surface area contributed by atoms with Gasteiger partial charge in [0.1, 0.15) is 0 Å². The highest BCUT2D eigenvalue weighted by atomic mass is 16.4. The third-order valence-corrected chi connectivity index (χ3v) is 3.60. The number of carboxylic acid groups (broad SMARTS) is 1. The first-order valence-electron chi connectivity index (χ1n) is 6.34. The first-order valence-corrected chi connectivity index (χ1v) is 6.34. The van der Waals surface area contributed by atoms with Crippen molar-refractivity contribution in [3.8, 4) is 0 Å². The second-order valence-electron chi connectivity index (χ2n) is 5.11. The van der Waals surface area contributed by atoms with Crippen molar-refractivity contribution in [2.24, 2.45) is 5.41 Å². The van der Waals surface area contributed by atoms with Gasteiger partial charge in [-0.15, -0.1) is 0 Å². The lowest BCUT2D eigenvalue weighted by Gasteiger charge is -2.41. The number of likely N-dealkylation sites (N-methyl/N-ethyl adjacent to an activating group) is 2. The number of amides is 2. The van der Waals surface area contributed by atoms with E-state index in [2.05, 4.69) is 10.6 Å². The van der Waals surface area contributed by atoms with E-state index in [9.17, 15) is 9.59 Å². The number of nitrogens with one attached hydrogen (secondary N) is 2. The minimum atomic E-state index is -0.785. The van der Waals surface area contributed by atoms with Crippen LogP contribution < -0.4 is 10.6 Å². The van der Waals surface area contributed by atoms with Gasteiger partial charge in [0.25, 0.3) is 0 Å². The number of aliphatic carboxylic acids is 1. The van der Waals surface area contributed by atoms with Crippen LogP contribution in [0.2, 0.25) is 0 Å². The molecular weight excluding hydrogens is 234 g/mol. The molecule has 0 spiro atoms. The summed E-state index contributed by atoms with van der Waals surface area (Å²) in [6.07, 6.45) is 2.98. The molecule has 1 saturated carbocycles. The van der Waals surface area contributed by atoms with Gasteiger partial charge in [0, 0.05) is 26.7 Å². The van der Waals surface area contributed by atoms with Gasteiger partial charge in [-0.2, -0.15) is 0 Å². The second-order valence-corrected chi connectivity index (χ2v) is 5.11. The topological polar surface area (TPSA) is 81.7 Å². The molecule has 0 bridgehead atoms. The zero-order valence-electron chi connectivity index (χ0n) is 11.2. The van der Waals surface area contributed by atoms with Crippen LogP contribution in [0.15, 0.2) is 0 Å². The van der Waals surface area contributed by atoms with Crippen molar-refractivity contribution in [2.75, 3.05) is 33.7 Å². The molecule has 1 fully saturated rings. The molecule has 6 nitrogen and oxygen atoms in total. The predicted octanol–water partition coefficient (Wildman–Crippen LogP) is 0.492. The number of nitrogens with zero attached hydrogens (tertiary/aromatic N) is 1. The van der Waals surface area contributed by atoms with E-state index in [4.69, 9.17) is 5.11 Å². The molecule has 0 aliphatic heterocycles. The molecule has 1 rings (SSSR count). The average Bonchev–Trinajstić information content (AvgIpc) is 2.28. The molecule has 0 radical (unpaired) electrons. The van der Waals surface area contributed by atoms with E-state index < -0.39 is 5.97 Å². The Bertz CT molecular complexity index is 303. The minimum Gasteiger partial charge on any atom is -0.481 e. The predicted molar refractivity (Wildman–Crippen MR) is 68.5 cm³/mol. The monoisotopic (exact) mass is 257 g/mol. The van der Waals surface area contributed by atoms with Crippen LogP contribution in [0.1, 0.15) is 25.7 Å².